The van der Waals surface area contributed by atoms with Gasteiger partial charge < -0.3 is 9.47 Å². The predicted molar refractivity (Wildman–Crippen MR) is 86.2 cm³/mol. The van der Waals surface area contributed by atoms with Crippen LogP contribution < -0.4 is 4.74 Å². The molecule has 0 N–H and O–H groups in total. The molecule has 112 valence electrons. The molecule has 0 radical (unpaired) electrons. The molecule has 2 aromatic carbocycles. The number of ether oxygens (including phenoxy) is 2. The molecule has 2 heteroatoms. The van der Waals surface area contributed by atoms with Crippen molar-refractivity contribution in [2.24, 2.45) is 0 Å². The van der Waals surface area contributed by atoms with E-state index in [4.69, 9.17) is 9.47 Å². The SMILES string of the molecule is CC[CH-]c1ccc(OC(C)OCc2ccccc2)c(C)c1. The van der Waals surface area contributed by atoms with Gasteiger partial charge in [0.2, 0.25) is 0 Å². The summed E-state index contributed by atoms with van der Waals surface area (Å²) in [4.78, 5) is 0. The fourth-order valence-corrected chi connectivity index (χ4v) is 2.17. The number of hydrogen-bond acceptors (Lipinski definition) is 2. The molecule has 21 heavy (non-hydrogen) atoms. The maximum Gasteiger partial charge on any atom is 0.197 e. The normalized spacial score (nSPS) is 12.0. The second kappa shape index (κ2) is 7.75. The molecular formula is C19H23O2-. The summed E-state index contributed by atoms with van der Waals surface area (Å²) in [6.07, 6.45) is 2.97. The van der Waals surface area contributed by atoms with Gasteiger partial charge >= 0.3 is 0 Å². The smallest absolute Gasteiger partial charge is 0.197 e. The first kappa shape index (κ1) is 15.5. The van der Waals surface area contributed by atoms with Crippen LogP contribution in [0.25, 0.3) is 0 Å². The van der Waals surface area contributed by atoms with Gasteiger partial charge in [0.15, 0.2) is 6.29 Å². The Balaban J connectivity index is 1.89. The second-order valence-corrected chi connectivity index (χ2v) is 5.12. The van der Waals surface area contributed by atoms with E-state index in [-0.39, 0.29) is 6.29 Å². The van der Waals surface area contributed by atoms with E-state index in [9.17, 15) is 0 Å². The lowest BCUT2D eigenvalue weighted by Gasteiger charge is -2.20. The molecule has 0 aliphatic heterocycles. The highest BCUT2D eigenvalue weighted by Gasteiger charge is 2.05. The minimum Gasteiger partial charge on any atom is -0.467 e. The lowest BCUT2D eigenvalue weighted by Crippen LogP contribution is -2.16. The third kappa shape index (κ3) is 4.83. The molecule has 0 bridgehead atoms. The van der Waals surface area contributed by atoms with E-state index >= 15 is 0 Å². The van der Waals surface area contributed by atoms with Crippen LogP contribution in [0.2, 0.25) is 0 Å². The minimum atomic E-state index is -0.273. The second-order valence-electron chi connectivity index (χ2n) is 5.12. The Bertz CT molecular complexity index is 549. The Hall–Kier alpha value is -1.93. The molecule has 0 saturated carbocycles. The highest BCUT2D eigenvalue weighted by molar-refractivity contribution is 5.38. The van der Waals surface area contributed by atoms with Gasteiger partial charge in [-0.15, -0.1) is 0 Å². The Kier molecular flexibility index (Phi) is 5.70. The van der Waals surface area contributed by atoms with Gasteiger partial charge in [-0.25, -0.2) is 0 Å². The monoisotopic (exact) mass is 283 g/mol. The van der Waals surface area contributed by atoms with E-state index in [2.05, 4.69) is 32.4 Å². The van der Waals surface area contributed by atoms with Gasteiger partial charge in [-0.2, -0.15) is 24.1 Å². The van der Waals surface area contributed by atoms with Gasteiger partial charge in [0.1, 0.15) is 5.75 Å². The van der Waals surface area contributed by atoms with Crippen molar-refractivity contribution in [2.75, 3.05) is 0 Å². The maximum atomic E-state index is 5.86. The molecule has 1 unspecified atom stereocenters. The van der Waals surface area contributed by atoms with Crippen molar-refractivity contribution < 1.29 is 9.47 Å². The molecule has 0 aliphatic rings. The fourth-order valence-electron chi connectivity index (χ4n) is 2.17. The van der Waals surface area contributed by atoms with E-state index in [1.54, 1.807) is 0 Å². The van der Waals surface area contributed by atoms with Crippen molar-refractivity contribution in [3.63, 3.8) is 0 Å². The van der Waals surface area contributed by atoms with Crippen molar-refractivity contribution in [1.29, 1.82) is 0 Å². The van der Waals surface area contributed by atoms with Gasteiger partial charge in [-0.1, -0.05) is 55.3 Å². The van der Waals surface area contributed by atoms with Crippen LogP contribution in [0.3, 0.4) is 0 Å². The van der Waals surface area contributed by atoms with Crippen molar-refractivity contribution >= 4 is 0 Å². The van der Waals surface area contributed by atoms with Crippen molar-refractivity contribution in [1.82, 2.24) is 0 Å². The Morgan fingerprint density at radius 2 is 1.86 bits per heavy atom. The van der Waals surface area contributed by atoms with Crippen LogP contribution in [0.4, 0.5) is 0 Å². The summed E-state index contributed by atoms with van der Waals surface area (Å²) >= 11 is 0. The summed E-state index contributed by atoms with van der Waals surface area (Å²) in [5, 5.41) is 0. The van der Waals surface area contributed by atoms with Crippen molar-refractivity contribution in [2.45, 2.75) is 40.1 Å². The van der Waals surface area contributed by atoms with Crippen LogP contribution in [0, 0.1) is 13.3 Å². The Morgan fingerprint density at radius 1 is 1.10 bits per heavy atom. The van der Waals surface area contributed by atoms with Crippen LogP contribution >= 0.6 is 0 Å². The van der Waals surface area contributed by atoms with E-state index in [1.807, 2.05) is 43.3 Å². The van der Waals surface area contributed by atoms with Crippen molar-refractivity contribution in [3.05, 3.63) is 71.6 Å². The van der Waals surface area contributed by atoms with Gasteiger partial charge in [0, 0.05) is 0 Å². The highest BCUT2D eigenvalue weighted by atomic mass is 16.7. The summed E-state index contributed by atoms with van der Waals surface area (Å²) in [7, 11) is 0. The summed E-state index contributed by atoms with van der Waals surface area (Å²) in [6, 6.07) is 16.4. The third-order valence-corrected chi connectivity index (χ3v) is 3.26. The molecule has 0 spiro atoms. The number of aryl methyl sites for hydroxylation is 1. The quantitative estimate of drug-likeness (QED) is 0.531. The Labute approximate surface area is 127 Å². The zero-order chi connectivity index (χ0) is 15.1. The van der Waals surface area contributed by atoms with Crippen molar-refractivity contribution in [3.8, 4) is 5.75 Å². The standard InChI is InChI=1S/C19H23O2/c1-4-8-17-11-12-19(15(2)13-17)21-16(3)20-14-18-9-6-5-7-10-18/h5-13,16H,4,14H2,1-3H3/q-1. The fraction of sp³-hybridized carbons (Fsp3) is 0.316. The van der Waals surface area contributed by atoms with E-state index in [0.717, 1.165) is 23.3 Å². The van der Waals surface area contributed by atoms with Gasteiger partial charge in [0.25, 0.3) is 0 Å². The first-order valence-corrected chi connectivity index (χ1v) is 7.45. The van der Waals surface area contributed by atoms with Crippen LogP contribution in [0.15, 0.2) is 48.5 Å². The molecule has 0 amide bonds. The molecule has 2 aromatic rings. The molecule has 0 heterocycles. The molecule has 0 aromatic heterocycles. The summed E-state index contributed by atoms with van der Waals surface area (Å²) < 4.78 is 11.6. The molecule has 0 saturated heterocycles. The number of rotatable bonds is 7. The minimum absolute atomic E-state index is 0.273. The molecule has 0 aliphatic carbocycles. The molecular weight excluding hydrogens is 260 g/mol. The lowest BCUT2D eigenvalue weighted by atomic mass is 10.1. The number of hydrogen-bond donors (Lipinski definition) is 0. The first-order chi connectivity index (χ1) is 10.2. The van der Waals surface area contributed by atoms with Crippen LogP contribution in [0.1, 0.15) is 37.0 Å². The van der Waals surface area contributed by atoms with Gasteiger partial charge in [-0.05, 0) is 19.4 Å². The average Bonchev–Trinajstić information content (AvgIpc) is 2.49. The zero-order valence-corrected chi connectivity index (χ0v) is 13.0. The maximum absolute atomic E-state index is 5.86. The van der Waals surface area contributed by atoms with Crippen LogP contribution in [-0.4, -0.2) is 6.29 Å². The predicted octanol–water partition coefficient (Wildman–Crippen LogP) is 4.90. The highest BCUT2D eigenvalue weighted by Crippen LogP contribution is 2.22. The third-order valence-electron chi connectivity index (χ3n) is 3.26. The topological polar surface area (TPSA) is 18.5 Å². The van der Waals surface area contributed by atoms with Gasteiger partial charge in [0.05, 0.1) is 6.61 Å². The van der Waals surface area contributed by atoms with E-state index in [1.165, 1.54) is 5.56 Å². The summed E-state index contributed by atoms with van der Waals surface area (Å²) in [6.45, 7) is 6.68. The van der Waals surface area contributed by atoms with Crippen LogP contribution in [-0.2, 0) is 11.3 Å². The largest absolute Gasteiger partial charge is 0.467 e. The molecule has 1 atom stereocenters. The zero-order valence-electron chi connectivity index (χ0n) is 13.0. The summed E-state index contributed by atoms with van der Waals surface area (Å²) in [5.74, 6) is 0.879. The summed E-state index contributed by atoms with van der Waals surface area (Å²) in [5.41, 5.74) is 3.52. The van der Waals surface area contributed by atoms with E-state index in [0.29, 0.717) is 6.61 Å². The lowest BCUT2D eigenvalue weighted by molar-refractivity contribution is -0.0762. The molecule has 0 fully saturated rings. The van der Waals surface area contributed by atoms with E-state index < -0.39 is 0 Å². The Morgan fingerprint density at radius 3 is 2.52 bits per heavy atom. The van der Waals surface area contributed by atoms with Gasteiger partial charge in [-0.3, -0.25) is 0 Å². The number of benzene rings is 2. The van der Waals surface area contributed by atoms with Crippen LogP contribution in [0.5, 0.6) is 5.75 Å². The average molecular weight is 283 g/mol. The molecule has 2 nitrogen and oxygen atoms in total. The molecule has 2 rings (SSSR count). The first-order valence-electron chi connectivity index (χ1n) is 7.45.